The molecule has 0 amide bonds. The number of methoxy groups -OCH3 is 1. The summed E-state index contributed by atoms with van der Waals surface area (Å²) < 4.78 is 48.6. The number of halogens is 3. The summed E-state index contributed by atoms with van der Waals surface area (Å²) in [5.74, 6) is 6.44. The van der Waals surface area contributed by atoms with Gasteiger partial charge in [-0.25, -0.2) is 4.31 Å². The quantitative estimate of drug-likeness (QED) is 0.231. The van der Waals surface area contributed by atoms with Gasteiger partial charge in [-0.15, -0.1) is 0 Å². The van der Waals surface area contributed by atoms with E-state index in [4.69, 9.17) is 15.6 Å². The van der Waals surface area contributed by atoms with Crippen molar-refractivity contribution in [3.05, 3.63) is 48.2 Å². The van der Waals surface area contributed by atoms with Gasteiger partial charge in [-0.2, -0.15) is 13.2 Å². The molecule has 198 valence electrons. The van der Waals surface area contributed by atoms with E-state index in [0.29, 0.717) is 28.9 Å². The number of benzene rings is 2. The van der Waals surface area contributed by atoms with Crippen molar-refractivity contribution in [2.24, 2.45) is 0 Å². The molecule has 1 aromatic heterocycles. The Morgan fingerprint density at radius 3 is 2.62 bits per heavy atom. The molecule has 3 aromatic rings. The number of aliphatic hydroxyl groups excluding tert-OH is 1. The van der Waals surface area contributed by atoms with E-state index in [1.165, 1.54) is 0 Å². The van der Waals surface area contributed by atoms with Crippen molar-refractivity contribution in [2.75, 3.05) is 64.0 Å². The average Bonchev–Trinajstić information content (AvgIpc) is 3.21. The minimum Gasteiger partial charge on any atom is -0.495 e. The van der Waals surface area contributed by atoms with E-state index in [9.17, 15) is 13.2 Å². The zero-order valence-corrected chi connectivity index (χ0v) is 21.3. The van der Waals surface area contributed by atoms with Crippen molar-refractivity contribution in [2.45, 2.75) is 17.6 Å². The van der Waals surface area contributed by atoms with E-state index in [-0.39, 0.29) is 18.8 Å². The first kappa shape index (κ1) is 27.0. The number of anilines is 2. The summed E-state index contributed by atoms with van der Waals surface area (Å²) in [6.07, 6.45) is -4.38. The number of nitrogen functional groups attached to an aromatic ring is 1. The van der Waals surface area contributed by atoms with Gasteiger partial charge in [0.25, 0.3) is 0 Å². The van der Waals surface area contributed by atoms with Crippen molar-refractivity contribution < 1.29 is 23.0 Å². The van der Waals surface area contributed by atoms with Gasteiger partial charge in [-0.1, -0.05) is 12.0 Å². The fourth-order valence-corrected chi connectivity index (χ4v) is 5.18. The first-order valence-corrected chi connectivity index (χ1v) is 12.7. The number of rotatable bonds is 8. The van der Waals surface area contributed by atoms with Gasteiger partial charge in [0.2, 0.25) is 0 Å². The summed E-state index contributed by atoms with van der Waals surface area (Å²) in [6, 6.07) is 12.4. The summed E-state index contributed by atoms with van der Waals surface area (Å²) in [7, 11) is 1.59. The van der Waals surface area contributed by atoms with Crippen LogP contribution < -0.4 is 15.8 Å². The molecule has 1 fully saturated rings. The second kappa shape index (κ2) is 12.0. The van der Waals surface area contributed by atoms with Crippen LogP contribution in [0.2, 0.25) is 0 Å². The Labute approximate surface area is 218 Å². The van der Waals surface area contributed by atoms with E-state index < -0.39 is 12.7 Å². The van der Waals surface area contributed by atoms with Crippen LogP contribution in [-0.2, 0) is 6.54 Å². The van der Waals surface area contributed by atoms with Gasteiger partial charge in [-0.3, -0.25) is 4.90 Å². The van der Waals surface area contributed by atoms with Gasteiger partial charge in [0, 0.05) is 48.7 Å². The van der Waals surface area contributed by atoms with E-state index in [0.717, 1.165) is 41.3 Å². The Hall–Kier alpha value is -3.04. The molecule has 1 aliphatic rings. The third kappa shape index (κ3) is 7.05. The zero-order valence-electron chi connectivity index (χ0n) is 20.5. The fourth-order valence-electron chi connectivity index (χ4n) is 4.24. The first-order chi connectivity index (χ1) is 17.8. The number of nitrogens with zero attached hydrogens (tertiary/aromatic N) is 3. The molecular weight excluding hydrogens is 503 g/mol. The molecular formula is C26H30F3N5O2S. The smallest absolute Gasteiger partial charge is 0.406 e. The van der Waals surface area contributed by atoms with Crippen LogP contribution in [0.3, 0.4) is 0 Å². The molecule has 4 rings (SSSR count). The number of fused-ring (bicyclic) bond motifs is 1. The lowest BCUT2D eigenvalue weighted by Gasteiger charge is -2.33. The third-order valence-corrected chi connectivity index (χ3v) is 7.14. The lowest BCUT2D eigenvalue weighted by atomic mass is 10.2. The lowest BCUT2D eigenvalue weighted by Crippen LogP contribution is -2.44. The van der Waals surface area contributed by atoms with Gasteiger partial charge in [0.05, 0.1) is 37.2 Å². The molecule has 0 aliphatic carbocycles. The number of piperazine rings is 1. The van der Waals surface area contributed by atoms with E-state index in [2.05, 4.69) is 26.4 Å². The number of nitrogens with two attached hydrogens (primary N) is 1. The first-order valence-electron chi connectivity index (χ1n) is 11.9. The Balaban J connectivity index is 1.42. The average molecular weight is 534 g/mol. The molecule has 2 heterocycles. The lowest BCUT2D eigenvalue weighted by molar-refractivity contribution is -0.140. The topological polar surface area (TPSA) is 78.9 Å². The number of aliphatic hydroxyl groups is 1. The minimum absolute atomic E-state index is 0.175. The van der Waals surface area contributed by atoms with Crippen LogP contribution >= 0.6 is 11.9 Å². The molecule has 11 heteroatoms. The van der Waals surface area contributed by atoms with Gasteiger partial charge in [0.1, 0.15) is 12.3 Å². The largest absolute Gasteiger partial charge is 0.495 e. The number of hydrogen-bond donors (Lipinski definition) is 3. The monoisotopic (exact) mass is 533 g/mol. The van der Waals surface area contributed by atoms with Crippen LogP contribution in [0.25, 0.3) is 10.9 Å². The highest BCUT2D eigenvalue weighted by atomic mass is 32.2. The van der Waals surface area contributed by atoms with E-state index in [1.54, 1.807) is 43.3 Å². The van der Waals surface area contributed by atoms with Crippen LogP contribution in [0.1, 0.15) is 5.69 Å². The highest BCUT2D eigenvalue weighted by molar-refractivity contribution is 7.97. The molecule has 37 heavy (non-hydrogen) atoms. The Morgan fingerprint density at radius 1 is 1.14 bits per heavy atom. The number of alkyl halides is 3. The molecule has 1 aliphatic heterocycles. The predicted octanol–water partition coefficient (Wildman–Crippen LogP) is 3.88. The molecule has 0 spiro atoms. The van der Waals surface area contributed by atoms with Crippen LogP contribution in [0.5, 0.6) is 5.75 Å². The predicted molar refractivity (Wildman–Crippen MR) is 142 cm³/mol. The number of β-amino-alcohol motifs (C(OH)–C–C–N with tert-alkyl or cyclic N) is 1. The highest BCUT2D eigenvalue weighted by Gasteiger charge is 2.29. The molecule has 0 unspecified atom stereocenters. The van der Waals surface area contributed by atoms with Gasteiger partial charge in [-0.05, 0) is 54.3 Å². The maximum atomic E-state index is 13.2. The summed E-state index contributed by atoms with van der Waals surface area (Å²) in [5.41, 5.74) is 7.78. The molecule has 0 atom stereocenters. The minimum atomic E-state index is -4.38. The molecule has 0 saturated carbocycles. The third-order valence-electron chi connectivity index (χ3n) is 6.06. The number of aromatic nitrogens is 1. The molecule has 2 aromatic carbocycles. The van der Waals surface area contributed by atoms with Crippen LogP contribution in [-0.4, -0.2) is 78.0 Å². The van der Waals surface area contributed by atoms with Crippen LogP contribution in [0, 0.1) is 11.8 Å². The summed E-state index contributed by atoms with van der Waals surface area (Å²) in [6.45, 7) is 3.59. The number of hydrogen-bond acceptors (Lipinski definition) is 7. The highest BCUT2D eigenvalue weighted by Crippen LogP contribution is 2.32. The van der Waals surface area contributed by atoms with Crippen LogP contribution in [0.4, 0.5) is 24.5 Å². The fraction of sp³-hybridized carbons (Fsp3) is 0.385. The maximum Gasteiger partial charge on any atom is 0.406 e. The van der Waals surface area contributed by atoms with Crippen molar-refractivity contribution in [1.82, 2.24) is 13.8 Å². The second-order valence-electron chi connectivity index (χ2n) is 8.61. The number of ether oxygens (including phenoxy) is 1. The normalized spacial score (nSPS) is 14.9. The number of nitrogens with one attached hydrogen (secondary N) is 1. The van der Waals surface area contributed by atoms with Gasteiger partial charge in [0.15, 0.2) is 0 Å². The maximum absolute atomic E-state index is 13.2. The second-order valence-corrected chi connectivity index (χ2v) is 9.78. The molecule has 0 bridgehead atoms. The summed E-state index contributed by atoms with van der Waals surface area (Å²) >= 11 is 1.66. The van der Waals surface area contributed by atoms with Crippen molar-refractivity contribution in [1.29, 1.82) is 0 Å². The Morgan fingerprint density at radius 2 is 1.92 bits per heavy atom. The van der Waals surface area contributed by atoms with E-state index in [1.807, 2.05) is 18.2 Å². The Bertz CT molecular complexity index is 1280. The van der Waals surface area contributed by atoms with Crippen LogP contribution in [0.15, 0.2) is 47.4 Å². The molecule has 4 N–H and O–H groups in total. The standard InChI is InChI=1S/C26H30F3N5O2S/c1-36-25-17-20(37-33-12-10-32(11-13-33)14-15-35)7-8-23(25)31-9-3-4-19-16-21-22(30)5-2-6-24(21)34(19)18-26(27,28)29/h2,5-8,16-17,31,35H,9-15,18,30H2,1H3. The molecule has 7 nitrogen and oxygen atoms in total. The summed E-state index contributed by atoms with van der Waals surface area (Å²) in [4.78, 5) is 3.28. The summed E-state index contributed by atoms with van der Waals surface area (Å²) in [5, 5.41) is 12.8. The zero-order chi connectivity index (χ0) is 26.4. The Kier molecular flexibility index (Phi) is 8.76. The molecule has 1 saturated heterocycles. The van der Waals surface area contributed by atoms with Gasteiger partial charge < -0.3 is 25.5 Å². The van der Waals surface area contributed by atoms with Crippen molar-refractivity contribution in [3.63, 3.8) is 0 Å². The van der Waals surface area contributed by atoms with Gasteiger partial charge >= 0.3 is 6.18 Å². The molecule has 0 radical (unpaired) electrons. The van der Waals surface area contributed by atoms with Crippen molar-refractivity contribution >= 4 is 34.2 Å². The van der Waals surface area contributed by atoms with Crippen molar-refractivity contribution in [3.8, 4) is 17.6 Å². The SMILES string of the molecule is COc1cc(SN2CCN(CCO)CC2)ccc1NCC#Cc1cc2c(N)cccc2n1CC(F)(F)F. The van der Waals surface area contributed by atoms with E-state index >= 15 is 0 Å².